The highest BCUT2D eigenvalue weighted by Gasteiger charge is 2.39. The van der Waals surface area contributed by atoms with Gasteiger partial charge in [0.25, 0.3) is 0 Å². The molecule has 1 aromatic carbocycles. The van der Waals surface area contributed by atoms with E-state index in [-0.39, 0.29) is 18.4 Å². The molecule has 1 heterocycles. The van der Waals surface area contributed by atoms with Gasteiger partial charge in [-0.25, -0.2) is 0 Å². The largest absolute Gasteiger partial charge is 0.396 e. The molecule has 1 aromatic rings. The van der Waals surface area contributed by atoms with Crippen LogP contribution >= 0.6 is 0 Å². The fourth-order valence-electron chi connectivity index (χ4n) is 3.25. The summed E-state index contributed by atoms with van der Waals surface area (Å²) in [7, 11) is 0. The van der Waals surface area contributed by atoms with E-state index in [9.17, 15) is 14.7 Å². The van der Waals surface area contributed by atoms with Gasteiger partial charge in [-0.05, 0) is 63.3 Å². The molecule has 0 bridgehead atoms. The number of aliphatic hydroxyl groups excluding tert-OH is 1. The Bertz CT molecular complexity index is 609. The number of aryl methyl sites for hydroxylation is 2. The SMILES string of the molecule is CCC(C)(CCO)NC(=O)C1CCN(c2cc(C)cc(C)c2)C1=O. The number of anilines is 1. The topological polar surface area (TPSA) is 69.6 Å². The predicted octanol–water partition coefficient (Wildman–Crippen LogP) is 2.32. The zero-order chi connectivity index (χ0) is 17.9. The highest BCUT2D eigenvalue weighted by Crippen LogP contribution is 2.28. The molecule has 5 heteroatoms. The molecule has 0 radical (unpaired) electrons. The maximum Gasteiger partial charge on any atom is 0.239 e. The summed E-state index contributed by atoms with van der Waals surface area (Å²) in [5.74, 6) is -1.01. The molecule has 1 saturated heterocycles. The Balaban J connectivity index is 2.12. The van der Waals surface area contributed by atoms with Crippen LogP contribution in [0.15, 0.2) is 18.2 Å². The second-order valence-corrected chi connectivity index (χ2v) is 7.05. The van der Waals surface area contributed by atoms with Gasteiger partial charge in [0, 0.05) is 24.4 Å². The van der Waals surface area contributed by atoms with Crippen molar-refractivity contribution in [3.05, 3.63) is 29.3 Å². The zero-order valence-electron chi connectivity index (χ0n) is 15.1. The highest BCUT2D eigenvalue weighted by molar-refractivity contribution is 6.09. The maximum atomic E-state index is 12.7. The van der Waals surface area contributed by atoms with Crippen molar-refractivity contribution < 1.29 is 14.7 Å². The lowest BCUT2D eigenvalue weighted by molar-refractivity contribution is -0.133. The number of carbonyl (C=O) groups is 2. The number of nitrogens with zero attached hydrogens (tertiary/aromatic N) is 1. The quantitative estimate of drug-likeness (QED) is 0.786. The van der Waals surface area contributed by atoms with Gasteiger partial charge in [-0.2, -0.15) is 0 Å². The highest BCUT2D eigenvalue weighted by atomic mass is 16.3. The van der Waals surface area contributed by atoms with Crippen molar-refractivity contribution in [1.29, 1.82) is 0 Å². The standard InChI is InChI=1S/C19H28N2O3/c1-5-19(4,7-9-22)20-17(23)16-6-8-21(18(16)24)15-11-13(2)10-14(3)12-15/h10-12,16,22H,5-9H2,1-4H3,(H,20,23). The number of nitrogens with one attached hydrogen (secondary N) is 1. The molecule has 1 aliphatic heterocycles. The van der Waals surface area contributed by atoms with Crippen molar-refractivity contribution >= 4 is 17.5 Å². The van der Waals surface area contributed by atoms with Crippen LogP contribution in [0.1, 0.15) is 44.2 Å². The van der Waals surface area contributed by atoms with Crippen LogP contribution in [0.3, 0.4) is 0 Å². The molecule has 0 aromatic heterocycles. The first-order valence-corrected chi connectivity index (χ1v) is 8.62. The number of benzene rings is 1. The minimum atomic E-state index is -0.643. The van der Waals surface area contributed by atoms with Crippen LogP contribution in [0.2, 0.25) is 0 Å². The molecule has 1 aliphatic rings. The molecule has 2 amide bonds. The summed E-state index contributed by atoms with van der Waals surface area (Å²) < 4.78 is 0. The third kappa shape index (κ3) is 3.96. The summed E-state index contributed by atoms with van der Waals surface area (Å²) in [6, 6.07) is 6.02. The summed E-state index contributed by atoms with van der Waals surface area (Å²) in [6.45, 7) is 8.45. The normalized spacial score (nSPS) is 20.1. The summed E-state index contributed by atoms with van der Waals surface area (Å²) >= 11 is 0. The first-order chi connectivity index (χ1) is 11.3. The van der Waals surface area contributed by atoms with Crippen molar-refractivity contribution in [2.75, 3.05) is 18.1 Å². The van der Waals surface area contributed by atoms with Gasteiger partial charge in [-0.1, -0.05) is 13.0 Å². The first kappa shape index (κ1) is 18.5. The Labute approximate surface area is 144 Å². The number of hydrogen-bond acceptors (Lipinski definition) is 3. The molecule has 2 N–H and O–H groups in total. The molecule has 0 saturated carbocycles. The monoisotopic (exact) mass is 332 g/mol. The summed E-state index contributed by atoms with van der Waals surface area (Å²) in [5.41, 5.74) is 2.60. The Morgan fingerprint density at radius 3 is 2.50 bits per heavy atom. The molecule has 2 unspecified atom stereocenters. The van der Waals surface area contributed by atoms with Gasteiger partial charge < -0.3 is 15.3 Å². The van der Waals surface area contributed by atoms with E-state index >= 15 is 0 Å². The average molecular weight is 332 g/mol. The second-order valence-electron chi connectivity index (χ2n) is 7.05. The fraction of sp³-hybridized carbons (Fsp3) is 0.579. The van der Waals surface area contributed by atoms with Gasteiger partial charge in [-0.15, -0.1) is 0 Å². The van der Waals surface area contributed by atoms with E-state index in [4.69, 9.17) is 0 Å². The number of hydrogen-bond donors (Lipinski definition) is 2. The van der Waals surface area contributed by atoms with Gasteiger partial charge >= 0.3 is 0 Å². The third-order valence-corrected chi connectivity index (χ3v) is 4.91. The van der Waals surface area contributed by atoms with E-state index in [1.807, 2.05) is 39.8 Å². The maximum absolute atomic E-state index is 12.7. The molecule has 1 fully saturated rings. The Hall–Kier alpha value is -1.88. The number of amides is 2. The van der Waals surface area contributed by atoms with Crippen molar-refractivity contribution in [3.8, 4) is 0 Å². The van der Waals surface area contributed by atoms with Crippen LogP contribution in [0, 0.1) is 19.8 Å². The zero-order valence-corrected chi connectivity index (χ0v) is 15.1. The van der Waals surface area contributed by atoms with Gasteiger partial charge in [0.2, 0.25) is 11.8 Å². The first-order valence-electron chi connectivity index (χ1n) is 8.62. The lowest BCUT2D eigenvalue weighted by Gasteiger charge is -2.30. The molecule has 24 heavy (non-hydrogen) atoms. The lowest BCUT2D eigenvalue weighted by Crippen LogP contribution is -2.49. The summed E-state index contributed by atoms with van der Waals surface area (Å²) in [4.78, 5) is 27.0. The number of aliphatic hydroxyl groups is 1. The fourth-order valence-corrected chi connectivity index (χ4v) is 3.25. The van der Waals surface area contributed by atoms with E-state index < -0.39 is 11.5 Å². The Kier molecular flexibility index (Phi) is 5.65. The van der Waals surface area contributed by atoms with Crippen LogP contribution in [0.5, 0.6) is 0 Å². The van der Waals surface area contributed by atoms with Crippen LogP contribution in [-0.4, -0.2) is 35.6 Å². The number of rotatable bonds is 6. The number of carbonyl (C=O) groups excluding carboxylic acids is 2. The van der Waals surface area contributed by atoms with Crippen molar-refractivity contribution in [3.63, 3.8) is 0 Å². The van der Waals surface area contributed by atoms with Gasteiger partial charge in [0.1, 0.15) is 5.92 Å². The smallest absolute Gasteiger partial charge is 0.239 e. The average Bonchev–Trinajstić information content (AvgIpc) is 2.88. The summed E-state index contributed by atoms with van der Waals surface area (Å²) in [6.07, 6.45) is 1.72. The molecule has 5 nitrogen and oxygen atoms in total. The van der Waals surface area contributed by atoms with E-state index in [0.29, 0.717) is 25.8 Å². The van der Waals surface area contributed by atoms with Crippen molar-refractivity contribution in [1.82, 2.24) is 5.32 Å². The molecule has 132 valence electrons. The lowest BCUT2D eigenvalue weighted by atomic mass is 9.93. The second kappa shape index (κ2) is 7.34. The predicted molar refractivity (Wildman–Crippen MR) is 94.9 cm³/mol. The van der Waals surface area contributed by atoms with E-state index in [2.05, 4.69) is 11.4 Å². The van der Waals surface area contributed by atoms with Gasteiger partial charge in [-0.3, -0.25) is 9.59 Å². The van der Waals surface area contributed by atoms with Gasteiger partial charge in [0.15, 0.2) is 0 Å². The summed E-state index contributed by atoms with van der Waals surface area (Å²) in [5, 5.41) is 12.1. The van der Waals surface area contributed by atoms with Crippen LogP contribution < -0.4 is 10.2 Å². The Morgan fingerprint density at radius 2 is 1.96 bits per heavy atom. The minimum Gasteiger partial charge on any atom is -0.396 e. The van der Waals surface area contributed by atoms with Gasteiger partial charge in [0.05, 0.1) is 0 Å². The molecular weight excluding hydrogens is 304 g/mol. The van der Waals surface area contributed by atoms with E-state index in [0.717, 1.165) is 16.8 Å². The van der Waals surface area contributed by atoms with Crippen LogP contribution in [0.25, 0.3) is 0 Å². The van der Waals surface area contributed by atoms with Crippen molar-refractivity contribution in [2.45, 2.75) is 52.5 Å². The van der Waals surface area contributed by atoms with Crippen LogP contribution in [0.4, 0.5) is 5.69 Å². The third-order valence-electron chi connectivity index (χ3n) is 4.91. The molecular formula is C19H28N2O3. The Morgan fingerprint density at radius 1 is 1.33 bits per heavy atom. The van der Waals surface area contributed by atoms with Crippen LogP contribution in [-0.2, 0) is 9.59 Å². The molecule has 2 atom stereocenters. The van der Waals surface area contributed by atoms with Crippen molar-refractivity contribution in [2.24, 2.45) is 5.92 Å². The molecule has 2 rings (SSSR count). The molecule has 0 spiro atoms. The minimum absolute atomic E-state index is 0.0118. The van der Waals surface area contributed by atoms with E-state index in [1.165, 1.54) is 0 Å². The molecule has 0 aliphatic carbocycles. The van der Waals surface area contributed by atoms with E-state index in [1.54, 1.807) is 4.90 Å².